The van der Waals surface area contributed by atoms with Crippen molar-refractivity contribution in [2.24, 2.45) is 5.92 Å². The molecule has 94 valence electrons. The van der Waals surface area contributed by atoms with E-state index in [1.54, 1.807) is 6.07 Å². The van der Waals surface area contributed by atoms with Gasteiger partial charge in [0.15, 0.2) is 5.15 Å². The molecule has 0 amide bonds. The average Bonchev–Trinajstić information content (AvgIpc) is 2.38. The number of rotatable bonds is 4. The number of ether oxygens (including phenoxy) is 1. The zero-order chi connectivity index (χ0) is 12.1. The molecule has 0 aliphatic heterocycles. The van der Waals surface area contributed by atoms with Gasteiger partial charge >= 0.3 is 0 Å². The van der Waals surface area contributed by atoms with E-state index in [4.69, 9.17) is 16.3 Å². The van der Waals surface area contributed by atoms with Crippen LogP contribution in [0.1, 0.15) is 44.7 Å². The lowest BCUT2D eigenvalue weighted by molar-refractivity contribution is -0.0236. The van der Waals surface area contributed by atoms with Gasteiger partial charge in [0, 0.05) is 0 Å². The quantitative estimate of drug-likeness (QED) is 0.823. The molecule has 3 nitrogen and oxygen atoms in total. The van der Waals surface area contributed by atoms with E-state index < -0.39 is 0 Å². The molecule has 1 fully saturated rings. The molecule has 17 heavy (non-hydrogen) atoms. The average molecular weight is 255 g/mol. The van der Waals surface area contributed by atoms with Crippen LogP contribution in [-0.4, -0.2) is 16.3 Å². The number of halogens is 1. The second-order valence-electron chi connectivity index (χ2n) is 4.65. The van der Waals surface area contributed by atoms with E-state index in [1.165, 1.54) is 32.1 Å². The lowest BCUT2D eigenvalue weighted by Gasteiger charge is -2.30. The highest BCUT2D eigenvalue weighted by Gasteiger charge is 2.24. The molecule has 0 N–H and O–H groups in total. The Morgan fingerprint density at radius 1 is 1.29 bits per heavy atom. The number of hydrogen-bond acceptors (Lipinski definition) is 3. The summed E-state index contributed by atoms with van der Waals surface area (Å²) < 4.78 is 5.97. The Kier molecular flexibility index (Phi) is 4.75. The van der Waals surface area contributed by atoms with E-state index in [2.05, 4.69) is 17.1 Å². The Morgan fingerprint density at radius 3 is 2.82 bits per heavy atom. The predicted octanol–water partition coefficient (Wildman–Crippen LogP) is 3.62. The molecule has 1 saturated carbocycles. The van der Waals surface area contributed by atoms with Crippen LogP contribution < -0.4 is 0 Å². The maximum atomic E-state index is 5.97. The van der Waals surface area contributed by atoms with Gasteiger partial charge in [0.05, 0.1) is 18.4 Å². The van der Waals surface area contributed by atoms with Gasteiger partial charge in [-0.1, -0.05) is 37.8 Å². The highest BCUT2D eigenvalue weighted by Crippen LogP contribution is 2.29. The van der Waals surface area contributed by atoms with Crippen LogP contribution in [0.15, 0.2) is 12.1 Å². The molecule has 0 radical (unpaired) electrons. The molecule has 0 bridgehead atoms. The normalized spacial score (nSPS) is 24.8. The van der Waals surface area contributed by atoms with Crippen LogP contribution in [0.5, 0.6) is 0 Å². The molecule has 0 saturated heterocycles. The van der Waals surface area contributed by atoms with Crippen molar-refractivity contribution in [1.29, 1.82) is 0 Å². The van der Waals surface area contributed by atoms with Crippen molar-refractivity contribution in [2.75, 3.05) is 0 Å². The van der Waals surface area contributed by atoms with Gasteiger partial charge in [-0.3, -0.25) is 0 Å². The Bertz CT molecular complexity index is 342. The Hall–Kier alpha value is -0.670. The van der Waals surface area contributed by atoms with E-state index in [9.17, 15) is 0 Å². The van der Waals surface area contributed by atoms with Crippen molar-refractivity contribution < 1.29 is 4.74 Å². The van der Waals surface area contributed by atoms with Crippen LogP contribution in [0.3, 0.4) is 0 Å². The fourth-order valence-electron chi connectivity index (χ4n) is 2.47. The minimum atomic E-state index is 0.395. The van der Waals surface area contributed by atoms with Crippen molar-refractivity contribution in [3.63, 3.8) is 0 Å². The summed E-state index contributed by atoms with van der Waals surface area (Å²) in [5.41, 5.74) is 0.856. The zero-order valence-electron chi connectivity index (χ0n) is 10.2. The molecule has 1 heterocycles. The lowest BCUT2D eigenvalue weighted by atomic mass is 9.85. The molecule has 1 aliphatic carbocycles. The maximum Gasteiger partial charge on any atom is 0.151 e. The molecule has 4 heteroatoms. The summed E-state index contributed by atoms with van der Waals surface area (Å²) in [7, 11) is 0. The van der Waals surface area contributed by atoms with E-state index >= 15 is 0 Å². The Morgan fingerprint density at radius 2 is 2.12 bits per heavy atom. The molecule has 2 rings (SSSR count). The lowest BCUT2D eigenvalue weighted by Crippen LogP contribution is -2.27. The summed E-state index contributed by atoms with van der Waals surface area (Å²) >= 11 is 5.69. The SMILES string of the molecule is CCC1CCCCC1OCc1ccc(Cl)nn1. The van der Waals surface area contributed by atoms with Crippen molar-refractivity contribution in [3.05, 3.63) is 23.0 Å². The second kappa shape index (κ2) is 6.31. The van der Waals surface area contributed by atoms with E-state index in [1.807, 2.05) is 6.07 Å². The van der Waals surface area contributed by atoms with Crippen molar-refractivity contribution >= 4 is 11.6 Å². The molecule has 0 spiro atoms. The molecule has 1 aromatic rings. The standard InChI is InChI=1S/C13H19ClN2O/c1-2-10-5-3-4-6-12(10)17-9-11-7-8-13(14)16-15-11/h7-8,10,12H,2-6,9H2,1H3. The molecule has 1 aromatic heterocycles. The first-order valence-corrected chi connectivity index (χ1v) is 6.77. The van der Waals surface area contributed by atoms with Crippen LogP contribution in [0.4, 0.5) is 0 Å². The minimum absolute atomic E-state index is 0.395. The molecular formula is C13H19ClN2O. The van der Waals surface area contributed by atoms with Gasteiger partial charge in [-0.05, 0) is 30.9 Å². The van der Waals surface area contributed by atoms with Crippen LogP contribution in [0, 0.1) is 5.92 Å². The van der Waals surface area contributed by atoms with Crippen molar-refractivity contribution in [1.82, 2.24) is 10.2 Å². The highest BCUT2D eigenvalue weighted by atomic mass is 35.5. The van der Waals surface area contributed by atoms with Crippen LogP contribution >= 0.6 is 11.6 Å². The number of nitrogens with zero attached hydrogens (tertiary/aromatic N) is 2. The summed E-state index contributed by atoms with van der Waals surface area (Å²) in [5, 5.41) is 8.25. The molecule has 0 aromatic carbocycles. The van der Waals surface area contributed by atoms with Gasteiger partial charge in [0.1, 0.15) is 0 Å². The largest absolute Gasteiger partial charge is 0.372 e. The van der Waals surface area contributed by atoms with Crippen LogP contribution in [0.25, 0.3) is 0 Å². The van der Waals surface area contributed by atoms with Gasteiger partial charge in [0.25, 0.3) is 0 Å². The third kappa shape index (κ3) is 3.65. The van der Waals surface area contributed by atoms with Crippen molar-refractivity contribution in [2.45, 2.75) is 51.7 Å². The van der Waals surface area contributed by atoms with Gasteiger partial charge in [-0.15, -0.1) is 5.10 Å². The summed E-state index contributed by atoms with van der Waals surface area (Å²) in [4.78, 5) is 0. The fourth-order valence-corrected chi connectivity index (χ4v) is 2.57. The molecular weight excluding hydrogens is 236 g/mol. The third-order valence-electron chi connectivity index (χ3n) is 3.50. The first kappa shape index (κ1) is 12.8. The minimum Gasteiger partial charge on any atom is -0.372 e. The number of hydrogen-bond donors (Lipinski definition) is 0. The first-order valence-electron chi connectivity index (χ1n) is 6.39. The molecule has 2 unspecified atom stereocenters. The highest BCUT2D eigenvalue weighted by molar-refractivity contribution is 6.29. The van der Waals surface area contributed by atoms with E-state index in [0.29, 0.717) is 23.8 Å². The van der Waals surface area contributed by atoms with Crippen LogP contribution in [-0.2, 0) is 11.3 Å². The molecule has 1 aliphatic rings. The van der Waals surface area contributed by atoms with Gasteiger partial charge in [-0.2, -0.15) is 5.10 Å². The topological polar surface area (TPSA) is 35.0 Å². The van der Waals surface area contributed by atoms with E-state index in [0.717, 1.165) is 5.69 Å². The van der Waals surface area contributed by atoms with E-state index in [-0.39, 0.29) is 0 Å². The second-order valence-corrected chi connectivity index (χ2v) is 5.04. The summed E-state index contributed by atoms with van der Waals surface area (Å²) in [6, 6.07) is 3.63. The van der Waals surface area contributed by atoms with Crippen molar-refractivity contribution in [3.8, 4) is 0 Å². The number of aromatic nitrogens is 2. The van der Waals surface area contributed by atoms with Gasteiger partial charge in [-0.25, -0.2) is 0 Å². The Balaban J connectivity index is 1.86. The summed E-state index contributed by atoms with van der Waals surface area (Å²) in [5.74, 6) is 0.712. The Labute approximate surface area is 108 Å². The maximum absolute atomic E-state index is 5.97. The third-order valence-corrected chi connectivity index (χ3v) is 3.70. The first-order chi connectivity index (χ1) is 8.29. The van der Waals surface area contributed by atoms with Crippen LogP contribution in [0.2, 0.25) is 5.15 Å². The van der Waals surface area contributed by atoms with Gasteiger partial charge in [0.2, 0.25) is 0 Å². The zero-order valence-corrected chi connectivity index (χ0v) is 11.0. The monoisotopic (exact) mass is 254 g/mol. The molecule has 2 atom stereocenters. The smallest absolute Gasteiger partial charge is 0.151 e. The van der Waals surface area contributed by atoms with Gasteiger partial charge < -0.3 is 4.74 Å². The summed E-state index contributed by atoms with van der Waals surface area (Å²) in [6.07, 6.45) is 6.71. The predicted molar refractivity (Wildman–Crippen MR) is 67.9 cm³/mol. The summed E-state index contributed by atoms with van der Waals surface area (Å²) in [6.45, 7) is 2.79. The fraction of sp³-hybridized carbons (Fsp3) is 0.692.